The molecule has 3 aromatic rings. The highest BCUT2D eigenvalue weighted by Crippen LogP contribution is 2.30. The van der Waals surface area contributed by atoms with E-state index in [1.165, 1.54) is 6.07 Å². The zero-order valence-electron chi connectivity index (χ0n) is 17.5. The van der Waals surface area contributed by atoms with Crippen LogP contribution in [0.4, 0.5) is 14.7 Å². The first kappa shape index (κ1) is 20.6. The van der Waals surface area contributed by atoms with Crippen LogP contribution in [-0.4, -0.2) is 61.8 Å². The molecule has 2 aromatic heterocycles. The molecule has 1 aromatic carbocycles. The molecule has 4 rings (SSSR count). The molecule has 9 heteroatoms. The molecule has 0 spiro atoms. The van der Waals surface area contributed by atoms with Crippen molar-refractivity contribution in [1.82, 2.24) is 24.4 Å². The number of hydrogen-bond donors (Lipinski definition) is 2. The number of aliphatic hydroxyl groups excluding tert-OH is 1. The lowest BCUT2D eigenvalue weighted by Crippen LogP contribution is -2.48. The number of hydrogen-bond acceptors (Lipinski definition) is 6. The van der Waals surface area contributed by atoms with Gasteiger partial charge in [-0.15, -0.1) is 0 Å². The van der Waals surface area contributed by atoms with Crippen molar-refractivity contribution in [2.75, 3.05) is 25.5 Å². The van der Waals surface area contributed by atoms with Gasteiger partial charge in [0.25, 0.3) is 0 Å². The average Bonchev–Trinajstić information content (AvgIpc) is 3.02. The Kier molecular flexibility index (Phi) is 5.42. The van der Waals surface area contributed by atoms with E-state index in [-0.39, 0.29) is 29.2 Å². The Morgan fingerprint density at radius 3 is 2.67 bits per heavy atom. The summed E-state index contributed by atoms with van der Waals surface area (Å²) in [5.41, 5.74) is 1.17. The Balaban J connectivity index is 1.73. The second kappa shape index (κ2) is 7.88. The third-order valence-electron chi connectivity index (χ3n) is 5.56. The predicted octanol–water partition coefficient (Wildman–Crippen LogP) is 3.14. The summed E-state index contributed by atoms with van der Waals surface area (Å²) >= 11 is 0. The van der Waals surface area contributed by atoms with Crippen LogP contribution in [0.1, 0.15) is 32.1 Å². The molecule has 0 unspecified atom stereocenters. The van der Waals surface area contributed by atoms with Gasteiger partial charge in [0.2, 0.25) is 5.95 Å². The van der Waals surface area contributed by atoms with E-state index < -0.39 is 17.7 Å². The maximum Gasteiger partial charge on any atom is 0.223 e. The van der Waals surface area contributed by atoms with Crippen LogP contribution in [0.15, 0.2) is 18.3 Å². The van der Waals surface area contributed by atoms with E-state index in [4.69, 9.17) is 0 Å². The number of rotatable bonds is 4. The maximum absolute atomic E-state index is 14.8. The van der Waals surface area contributed by atoms with Gasteiger partial charge in [0.05, 0.1) is 23.9 Å². The first-order valence-electron chi connectivity index (χ1n) is 10.1. The lowest BCUT2D eigenvalue weighted by molar-refractivity contribution is 0.0726. The van der Waals surface area contributed by atoms with Gasteiger partial charge in [-0.25, -0.2) is 23.7 Å². The quantitative estimate of drug-likeness (QED) is 0.680. The van der Waals surface area contributed by atoms with E-state index in [9.17, 15) is 13.9 Å². The van der Waals surface area contributed by atoms with Crippen LogP contribution in [-0.2, 0) is 0 Å². The fourth-order valence-corrected chi connectivity index (χ4v) is 4.12. The zero-order chi connectivity index (χ0) is 21.6. The Bertz CT molecular complexity index is 1080. The molecule has 2 N–H and O–H groups in total. The highest BCUT2D eigenvalue weighted by molar-refractivity contribution is 5.83. The monoisotopic (exact) mass is 416 g/mol. The van der Waals surface area contributed by atoms with E-state index in [0.717, 1.165) is 12.7 Å². The summed E-state index contributed by atoms with van der Waals surface area (Å²) < 4.78 is 31.3. The smallest absolute Gasteiger partial charge is 0.223 e. The maximum atomic E-state index is 14.8. The fraction of sp³-hybridized carbons (Fsp3) is 0.476. The second-order valence-electron chi connectivity index (χ2n) is 8.21. The Hall–Kier alpha value is -2.65. The average molecular weight is 416 g/mol. The van der Waals surface area contributed by atoms with Crippen molar-refractivity contribution in [2.24, 2.45) is 0 Å². The molecule has 7 nitrogen and oxygen atoms in total. The topological polar surface area (TPSA) is 79.1 Å². The van der Waals surface area contributed by atoms with Crippen LogP contribution in [0.2, 0.25) is 0 Å². The third kappa shape index (κ3) is 3.75. The number of aryl methyl sites for hydroxylation is 1. The number of aromatic nitrogens is 4. The van der Waals surface area contributed by atoms with Crippen molar-refractivity contribution < 1.29 is 13.9 Å². The summed E-state index contributed by atoms with van der Waals surface area (Å²) in [6.07, 6.45) is 1.19. The standard InChI is InChI=1S/C21H26F2N6O/c1-11(2)29-12(3)25-20-14(22)7-13(8-17(20)29)19-15(23)9-24-21(27-19)26-16-5-6-28(4)10-18(16)30/h7-9,11,16,18,30H,5-6,10H2,1-4H3,(H,24,26,27)/t16-,18-/m0/s1. The lowest BCUT2D eigenvalue weighted by Gasteiger charge is -2.34. The SMILES string of the molecule is Cc1nc2c(F)cc(-c3nc(N[C@H]4CCN(C)C[C@@H]4O)ncc3F)cc2n1C(C)C. The van der Waals surface area contributed by atoms with Crippen molar-refractivity contribution in [2.45, 2.75) is 45.4 Å². The highest BCUT2D eigenvalue weighted by Gasteiger charge is 2.27. The number of benzene rings is 1. The Morgan fingerprint density at radius 1 is 1.20 bits per heavy atom. The van der Waals surface area contributed by atoms with Gasteiger partial charge < -0.3 is 19.9 Å². The van der Waals surface area contributed by atoms with Gasteiger partial charge >= 0.3 is 0 Å². The van der Waals surface area contributed by atoms with Gasteiger partial charge in [0, 0.05) is 18.2 Å². The minimum atomic E-state index is -0.643. The summed E-state index contributed by atoms with van der Waals surface area (Å²) in [6, 6.07) is 2.80. The number of likely N-dealkylation sites (N-methyl/N-ethyl adjacent to an activating group) is 1. The van der Waals surface area contributed by atoms with Crippen LogP contribution in [0.5, 0.6) is 0 Å². The molecule has 0 aliphatic carbocycles. The van der Waals surface area contributed by atoms with Gasteiger partial charge in [-0.1, -0.05) is 0 Å². The largest absolute Gasteiger partial charge is 0.390 e. The number of likely N-dealkylation sites (tertiary alicyclic amines) is 1. The molecule has 1 saturated heterocycles. The molecule has 1 aliphatic heterocycles. The predicted molar refractivity (Wildman–Crippen MR) is 111 cm³/mol. The minimum Gasteiger partial charge on any atom is -0.390 e. The Morgan fingerprint density at radius 2 is 1.97 bits per heavy atom. The van der Waals surface area contributed by atoms with Gasteiger partial charge in [0.15, 0.2) is 11.6 Å². The first-order chi connectivity index (χ1) is 14.2. The highest BCUT2D eigenvalue weighted by atomic mass is 19.1. The normalized spacial score (nSPS) is 20.3. The Labute approximate surface area is 173 Å². The van der Waals surface area contributed by atoms with E-state index in [1.54, 1.807) is 6.07 Å². The molecule has 1 aliphatic rings. The molecule has 0 radical (unpaired) electrons. The third-order valence-corrected chi connectivity index (χ3v) is 5.56. The fourth-order valence-electron chi connectivity index (χ4n) is 4.12. The van der Waals surface area contributed by atoms with Gasteiger partial charge in [0.1, 0.15) is 17.0 Å². The molecule has 160 valence electrons. The summed E-state index contributed by atoms with van der Waals surface area (Å²) in [5, 5.41) is 13.4. The molecular formula is C21H26F2N6O. The number of nitrogens with one attached hydrogen (secondary N) is 1. The number of aliphatic hydroxyl groups is 1. The second-order valence-corrected chi connectivity index (χ2v) is 8.21. The van der Waals surface area contributed by atoms with E-state index in [1.807, 2.05) is 37.3 Å². The van der Waals surface area contributed by atoms with Crippen molar-refractivity contribution in [1.29, 1.82) is 0 Å². The number of β-amino-alcohol motifs (C(OH)–C–C–N with tert-alkyl or cyclic N) is 1. The molecule has 1 fully saturated rings. The molecular weight excluding hydrogens is 390 g/mol. The van der Waals surface area contributed by atoms with E-state index in [0.29, 0.717) is 29.9 Å². The minimum absolute atomic E-state index is 0.00452. The summed E-state index contributed by atoms with van der Waals surface area (Å²) in [7, 11) is 1.94. The van der Waals surface area contributed by atoms with Gasteiger partial charge in [-0.05, 0) is 52.9 Å². The lowest BCUT2D eigenvalue weighted by atomic mass is 10.0. The zero-order valence-corrected chi connectivity index (χ0v) is 17.5. The number of anilines is 1. The van der Waals surface area contributed by atoms with Crippen LogP contribution in [0.25, 0.3) is 22.3 Å². The molecule has 0 amide bonds. The van der Waals surface area contributed by atoms with Crippen molar-refractivity contribution in [3.05, 3.63) is 35.8 Å². The van der Waals surface area contributed by atoms with Crippen molar-refractivity contribution in [3.63, 3.8) is 0 Å². The first-order valence-corrected chi connectivity index (χ1v) is 10.1. The van der Waals surface area contributed by atoms with Gasteiger partial charge in [-0.2, -0.15) is 0 Å². The summed E-state index contributed by atoms with van der Waals surface area (Å²) in [5.74, 6) is -0.273. The molecule has 30 heavy (non-hydrogen) atoms. The number of nitrogens with zero attached hydrogens (tertiary/aromatic N) is 5. The van der Waals surface area contributed by atoms with E-state index in [2.05, 4.69) is 20.3 Å². The van der Waals surface area contributed by atoms with E-state index >= 15 is 0 Å². The van der Waals surface area contributed by atoms with Crippen LogP contribution in [0, 0.1) is 18.6 Å². The van der Waals surface area contributed by atoms with Crippen LogP contribution >= 0.6 is 0 Å². The molecule has 3 heterocycles. The summed E-state index contributed by atoms with van der Waals surface area (Å²) in [6.45, 7) is 7.15. The van der Waals surface area contributed by atoms with Crippen molar-refractivity contribution >= 4 is 17.0 Å². The number of fused-ring (bicyclic) bond motifs is 1. The molecule has 2 atom stereocenters. The summed E-state index contributed by atoms with van der Waals surface area (Å²) in [4.78, 5) is 14.7. The number of imidazole rings is 1. The number of halogens is 2. The van der Waals surface area contributed by atoms with Gasteiger partial charge in [-0.3, -0.25) is 0 Å². The van der Waals surface area contributed by atoms with Crippen LogP contribution in [0.3, 0.4) is 0 Å². The van der Waals surface area contributed by atoms with Crippen molar-refractivity contribution in [3.8, 4) is 11.3 Å². The number of piperidine rings is 1. The molecule has 0 bridgehead atoms. The van der Waals surface area contributed by atoms with Crippen LogP contribution < -0.4 is 5.32 Å². The molecule has 0 saturated carbocycles.